The van der Waals surface area contributed by atoms with Gasteiger partial charge in [-0.25, -0.2) is 4.98 Å². The molecule has 1 heterocycles. The lowest BCUT2D eigenvalue weighted by Gasteiger charge is -2.07. The number of aromatic nitrogens is 1. The van der Waals surface area contributed by atoms with E-state index >= 15 is 0 Å². The van der Waals surface area contributed by atoms with Crippen LogP contribution in [0.5, 0.6) is 5.88 Å². The van der Waals surface area contributed by atoms with Crippen LogP contribution in [0.1, 0.15) is 5.69 Å². The van der Waals surface area contributed by atoms with Crippen molar-refractivity contribution in [2.24, 2.45) is 0 Å². The molecule has 1 aromatic heterocycles. The number of nitrogens with zero attached hydrogens (tertiary/aromatic N) is 1. The summed E-state index contributed by atoms with van der Waals surface area (Å²) >= 11 is 11.6. The number of halogens is 2. The van der Waals surface area contributed by atoms with Gasteiger partial charge in [0.2, 0.25) is 5.88 Å². The second kappa shape index (κ2) is 8.53. The van der Waals surface area contributed by atoms with Crippen molar-refractivity contribution in [1.29, 1.82) is 0 Å². The summed E-state index contributed by atoms with van der Waals surface area (Å²) in [4.78, 5) is 4.16. The maximum Gasteiger partial charge on any atom is 0.213 e. The van der Waals surface area contributed by atoms with Crippen molar-refractivity contribution < 1.29 is 14.2 Å². The summed E-state index contributed by atoms with van der Waals surface area (Å²) in [6.45, 7) is 2.06. The second-order valence-electron chi connectivity index (χ2n) is 3.17. The molecular weight excluding hydrogens is 265 g/mol. The van der Waals surface area contributed by atoms with Gasteiger partial charge in [0.15, 0.2) is 0 Å². The van der Waals surface area contributed by atoms with Crippen molar-refractivity contribution in [3.05, 3.63) is 22.8 Å². The second-order valence-corrected chi connectivity index (χ2v) is 3.84. The Morgan fingerprint density at radius 3 is 2.65 bits per heavy atom. The number of pyridine rings is 1. The quantitative estimate of drug-likeness (QED) is 0.542. The minimum atomic E-state index is 0.264. The van der Waals surface area contributed by atoms with E-state index in [9.17, 15) is 0 Å². The van der Waals surface area contributed by atoms with Gasteiger partial charge >= 0.3 is 0 Å². The zero-order valence-electron chi connectivity index (χ0n) is 9.62. The molecule has 0 aromatic carbocycles. The molecule has 0 amide bonds. The standard InChI is InChI=1S/C11H15Cl2NO3/c1-15-4-5-16-6-7-17-11-3-2-9(13)10(8-12)14-11/h2-3H,4-8H2,1H3. The SMILES string of the molecule is COCCOCCOc1ccc(Cl)c(CCl)n1. The van der Waals surface area contributed by atoms with Gasteiger partial charge in [-0.15, -0.1) is 11.6 Å². The summed E-state index contributed by atoms with van der Waals surface area (Å²) < 4.78 is 15.5. The van der Waals surface area contributed by atoms with Gasteiger partial charge in [-0.1, -0.05) is 11.6 Å². The van der Waals surface area contributed by atoms with Crippen LogP contribution < -0.4 is 4.74 Å². The van der Waals surface area contributed by atoms with E-state index in [0.29, 0.717) is 43.0 Å². The van der Waals surface area contributed by atoms with E-state index in [1.54, 1.807) is 19.2 Å². The van der Waals surface area contributed by atoms with Crippen molar-refractivity contribution in [1.82, 2.24) is 4.98 Å². The summed E-state index contributed by atoms with van der Waals surface area (Å²) in [6, 6.07) is 3.42. The third-order valence-electron chi connectivity index (χ3n) is 1.93. The van der Waals surface area contributed by atoms with E-state index in [2.05, 4.69) is 4.98 Å². The molecule has 17 heavy (non-hydrogen) atoms. The van der Waals surface area contributed by atoms with E-state index in [1.165, 1.54) is 0 Å². The molecule has 0 N–H and O–H groups in total. The molecule has 1 aromatic rings. The molecule has 0 bridgehead atoms. The summed E-state index contributed by atoms with van der Waals surface area (Å²) in [5.74, 6) is 0.765. The zero-order valence-corrected chi connectivity index (χ0v) is 11.1. The molecule has 0 unspecified atom stereocenters. The Morgan fingerprint density at radius 1 is 1.18 bits per heavy atom. The largest absolute Gasteiger partial charge is 0.475 e. The molecule has 0 aliphatic carbocycles. The lowest BCUT2D eigenvalue weighted by atomic mass is 10.4. The predicted octanol–water partition coefficient (Wildman–Crippen LogP) is 2.52. The Kier molecular flexibility index (Phi) is 7.28. The number of methoxy groups -OCH3 is 1. The van der Waals surface area contributed by atoms with Gasteiger partial charge in [-0.3, -0.25) is 0 Å². The number of hydrogen-bond donors (Lipinski definition) is 0. The molecule has 0 atom stereocenters. The lowest BCUT2D eigenvalue weighted by molar-refractivity contribution is 0.0536. The van der Waals surface area contributed by atoms with E-state index < -0.39 is 0 Å². The highest BCUT2D eigenvalue weighted by Crippen LogP contribution is 2.19. The van der Waals surface area contributed by atoms with E-state index in [-0.39, 0.29) is 5.88 Å². The van der Waals surface area contributed by atoms with Crippen molar-refractivity contribution in [2.45, 2.75) is 5.88 Å². The van der Waals surface area contributed by atoms with Gasteiger partial charge in [0.1, 0.15) is 6.61 Å². The first kappa shape index (κ1) is 14.5. The fraction of sp³-hybridized carbons (Fsp3) is 0.545. The minimum Gasteiger partial charge on any atom is -0.475 e. The molecule has 0 radical (unpaired) electrons. The molecule has 0 saturated carbocycles. The molecule has 0 fully saturated rings. The highest BCUT2D eigenvalue weighted by Gasteiger charge is 2.03. The van der Waals surface area contributed by atoms with Crippen molar-refractivity contribution in [2.75, 3.05) is 33.5 Å². The number of rotatable bonds is 8. The fourth-order valence-electron chi connectivity index (χ4n) is 1.09. The normalized spacial score (nSPS) is 10.5. The van der Waals surface area contributed by atoms with Crippen molar-refractivity contribution in [3.63, 3.8) is 0 Å². The van der Waals surface area contributed by atoms with E-state index in [4.69, 9.17) is 37.4 Å². The number of alkyl halides is 1. The fourth-order valence-corrected chi connectivity index (χ4v) is 1.53. The highest BCUT2D eigenvalue weighted by atomic mass is 35.5. The molecule has 0 spiro atoms. The van der Waals surface area contributed by atoms with Gasteiger partial charge in [-0.2, -0.15) is 0 Å². The third-order valence-corrected chi connectivity index (χ3v) is 2.53. The number of ether oxygens (including phenoxy) is 3. The Balaban J connectivity index is 2.27. The minimum absolute atomic E-state index is 0.264. The van der Waals surface area contributed by atoms with Crippen LogP contribution in [-0.2, 0) is 15.4 Å². The summed E-state index contributed by atoms with van der Waals surface area (Å²) in [5.41, 5.74) is 0.617. The van der Waals surface area contributed by atoms with E-state index in [1.807, 2.05) is 0 Å². The first-order valence-corrected chi connectivity index (χ1v) is 6.10. The average Bonchev–Trinajstić information content (AvgIpc) is 2.35. The molecule has 0 saturated heterocycles. The number of hydrogen-bond acceptors (Lipinski definition) is 4. The van der Waals surface area contributed by atoms with Crippen LogP contribution in [0.4, 0.5) is 0 Å². The van der Waals surface area contributed by atoms with Crippen LogP contribution in [0.15, 0.2) is 12.1 Å². The smallest absolute Gasteiger partial charge is 0.213 e. The Morgan fingerprint density at radius 2 is 1.94 bits per heavy atom. The van der Waals surface area contributed by atoms with Crippen LogP contribution in [0, 0.1) is 0 Å². The molecular formula is C11H15Cl2NO3. The van der Waals surface area contributed by atoms with Gasteiger partial charge in [-0.05, 0) is 6.07 Å². The van der Waals surface area contributed by atoms with Crippen LogP contribution in [0.2, 0.25) is 5.02 Å². The topological polar surface area (TPSA) is 40.6 Å². The first-order valence-electron chi connectivity index (χ1n) is 5.18. The van der Waals surface area contributed by atoms with Crippen molar-refractivity contribution >= 4 is 23.2 Å². The monoisotopic (exact) mass is 279 g/mol. The maximum absolute atomic E-state index is 5.87. The summed E-state index contributed by atoms with van der Waals surface area (Å²) in [7, 11) is 1.63. The van der Waals surface area contributed by atoms with Gasteiger partial charge < -0.3 is 14.2 Å². The van der Waals surface area contributed by atoms with Crippen LogP contribution in [-0.4, -0.2) is 38.5 Å². The molecule has 0 aliphatic heterocycles. The van der Waals surface area contributed by atoms with Gasteiger partial charge in [0, 0.05) is 13.2 Å². The Hall–Kier alpha value is -0.550. The zero-order chi connectivity index (χ0) is 12.5. The van der Waals surface area contributed by atoms with Crippen LogP contribution >= 0.6 is 23.2 Å². The molecule has 6 heteroatoms. The Labute approximate surface area is 111 Å². The van der Waals surface area contributed by atoms with E-state index in [0.717, 1.165) is 0 Å². The van der Waals surface area contributed by atoms with Crippen LogP contribution in [0.25, 0.3) is 0 Å². The van der Waals surface area contributed by atoms with Crippen LogP contribution in [0.3, 0.4) is 0 Å². The third kappa shape index (κ3) is 5.55. The molecule has 1 rings (SSSR count). The Bertz CT molecular complexity index is 336. The van der Waals surface area contributed by atoms with Gasteiger partial charge in [0.25, 0.3) is 0 Å². The summed E-state index contributed by atoms with van der Waals surface area (Å²) in [5, 5.41) is 0.545. The maximum atomic E-state index is 5.87. The average molecular weight is 280 g/mol. The molecule has 96 valence electrons. The van der Waals surface area contributed by atoms with Crippen molar-refractivity contribution in [3.8, 4) is 5.88 Å². The lowest BCUT2D eigenvalue weighted by Crippen LogP contribution is -2.10. The predicted molar refractivity (Wildman–Crippen MR) is 67.0 cm³/mol. The highest BCUT2D eigenvalue weighted by molar-refractivity contribution is 6.32. The van der Waals surface area contributed by atoms with Gasteiger partial charge in [0.05, 0.1) is 36.4 Å². The molecule has 0 aliphatic rings. The molecule has 4 nitrogen and oxygen atoms in total. The first-order chi connectivity index (χ1) is 8.27. The summed E-state index contributed by atoms with van der Waals surface area (Å²) in [6.07, 6.45) is 0.